The molecule has 1 fully saturated rings. The molecule has 0 saturated carbocycles. The first-order valence-corrected chi connectivity index (χ1v) is 4.40. The van der Waals surface area contributed by atoms with Gasteiger partial charge >= 0.3 is 0 Å². The first-order chi connectivity index (χ1) is 5.49. The second-order valence-electron chi connectivity index (χ2n) is 3.96. The molecule has 2 nitrogen and oxygen atoms in total. The second-order valence-corrected chi connectivity index (χ2v) is 3.96. The SMILES string of the molecule is C#C[C@@]1(O)C[C@H](C)N(C)C[C@@H]1C. The summed E-state index contributed by atoms with van der Waals surface area (Å²) in [5, 5.41) is 9.97. The first-order valence-electron chi connectivity index (χ1n) is 4.40. The Hall–Kier alpha value is -0.520. The molecule has 1 aliphatic heterocycles. The quantitative estimate of drug-likeness (QED) is 0.537. The van der Waals surface area contributed by atoms with E-state index in [1.807, 2.05) is 6.92 Å². The maximum atomic E-state index is 9.97. The maximum absolute atomic E-state index is 9.97. The predicted octanol–water partition coefficient (Wildman–Crippen LogP) is 0.711. The Morgan fingerprint density at radius 2 is 2.17 bits per heavy atom. The molecule has 3 atom stereocenters. The highest BCUT2D eigenvalue weighted by atomic mass is 16.3. The van der Waals surface area contributed by atoms with Gasteiger partial charge in [0.1, 0.15) is 5.60 Å². The van der Waals surface area contributed by atoms with Crippen LogP contribution in [0.3, 0.4) is 0 Å². The van der Waals surface area contributed by atoms with Crippen LogP contribution in [-0.4, -0.2) is 35.2 Å². The van der Waals surface area contributed by atoms with Crippen molar-refractivity contribution in [3.63, 3.8) is 0 Å². The van der Waals surface area contributed by atoms with Crippen LogP contribution >= 0.6 is 0 Å². The molecule has 68 valence electrons. The zero-order chi connectivity index (χ0) is 9.35. The number of likely N-dealkylation sites (tertiary alicyclic amines) is 1. The van der Waals surface area contributed by atoms with Gasteiger partial charge in [-0.25, -0.2) is 0 Å². The van der Waals surface area contributed by atoms with E-state index in [-0.39, 0.29) is 5.92 Å². The number of rotatable bonds is 0. The number of aliphatic hydroxyl groups is 1. The van der Waals surface area contributed by atoms with E-state index < -0.39 is 5.60 Å². The smallest absolute Gasteiger partial charge is 0.130 e. The normalized spacial score (nSPS) is 43.9. The van der Waals surface area contributed by atoms with E-state index in [1.165, 1.54) is 0 Å². The molecule has 2 heteroatoms. The fraction of sp³-hybridized carbons (Fsp3) is 0.800. The summed E-state index contributed by atoms with van der Waals surface area (Å²) in [7, 11) is 2.07. The van der Waals surface area contributed by atoms with Crippen LogP contribution in [0.15, 0.2) is 0 Å². The molecular formula is C10H17NO. The second kappa shape index (κ2) is 3.08. The number of terminal acetylenes is 1. The largest absolute Gasteiger partial charge is 0.377 e. The zero-order valence-electron chi connectivity index (χ0n) is 8.04. The van der Waals surface area contributed by atoms with E-state index in [4.69, 9.17) is 6.42 Å². The van der Waals surface area contributed by atoms with E-state index in [0.29, 0.717) is 12.5 Å². The molecule has 0 amide bonds. The lowest BCUT2D eigenvalue weighted by atomic mass is 9.80. The minimum Gasteiger partial charge on any atom is -0.377 e. The average Bonchev–Trinajstić information content (AvgIpc) is 2.01. The summed E-state index contributed by atoms with van der Waals surface area (Å²) < 4.78 is 0. The van der Waals surface area contributed by atoms with Crippen LogP contribution in [0.25, 0.3) is 0 Å². The molecule has 0 aromatic rings. The highest BCUT2D eigenvalue weighted by molar-refractivity contribution is 5.13. The number of piperidine rings is 1. The highest BCUT2D eigenvalue weighted by Crippen LogP contribution is 2.29. The van der Waals surface area contributed by atoms with E-state index in [9.17, 15) is 5.11 Å². The number of hydrogen-bond donors (Lipinski definition) is 1. The van der Waals surface area contributed by atoms with Crippen LogP contribution in [0.1, 0.15) is 20.3 Å². The van der Waals surface area contributed by atoms with Crippen molar-refractivity contribution in [3.05, 3.63) is 0 Å². The van der Waals surface area contributed by atoms with Gasteiger partial charge in [-0.05, 0) is 14.0 Å². The minimum absolute atomic E-state index is 0.170. The number of nitrogens with zero attached hydrogens (tertiary/aromatic N) is 1. The van der Waals surface area contributed by atoms with Crippen molar-refractivity contribution in [2.24, 2.45) is 5.92 Å². The van der Waals surface area contributed by atoms with Crippen molar-refractivity contribution < 1.29 is 5.11 Å². The lowest BCUT2D eigenvalue weighted by Crippen LogP contribution is -2.52. The van der Waals surface area contributed by atoms with Gasteiger partial charge in [-0.1, -0.05) is 12.8 Å². The van der Waals surface area contributed by atoms with Crippen molar-refractivity contribution >= 4 is 0 Å². The van der Waals surface area contributed by atoms with Crippen LogP contribution < -0.4 is 0 Å². The molecule has 1 rings (SSSR count). The van der Waals surface area contributed by atoms with Gasteiger partial charge in [-0.2, -0.15) is 0 Å². The Labute approximate surface area is 74.6 Å². The Balaban J connectivity index is 2.76. The molecule has 0 aromatic carbocycles. The van der Waals surface area contributed by atoms with Crippen LogP contribution in [0, 0.1) is 18.3 Å². The van der Waals surface area contributed by atoms with E-state index in [1.54, 1.807) is 0 Å². The van der Waals surface area contributed by atoms with Crippen LogP contribution in [0.2, 0.25) is 0 Å². The third kappa shape index (κ3) is 1.48. The molecule has 0 radical (unpaired) electrons. The lowest BCUT2D eigenvalue weighted by Gasteiger charge is -2.42. The Morgan fingerprint density at radius 3 is 2.67 bits per heavy atom. The third-order valence-corrected chi connectivity index (χ3v) is 2.99. The van der Waals surface area contributed by atoms with E-state index in [0.717, 1.165) is 6.54 Å². The molecule has 1 N–H and O–H groups in total. The van der Waals surface area contributed by atoms with Crippen molar-refractivity contribution in [1.29, 1.82) is 0 Å². The predicted molar refractivity (Wildman–Crippen MR) is 49.7 cm³/mol. The fourth-order valence-corrected chi connectivity index (χ4v) is 1.77. The fourth-order valence-electron chi connectivity index (χ4n) is 1.77. The van der Waals surface area contributed by atoms with Gasteiger partial charge in [-0.15, -0.1) is 6.42 Å². The molecule has 0 aromatic heterocycles. The molecule has 0 spiro atoms. The van der Waals surface area contributed by atoms with Crippen molar-refractivity contribution in [3.8, 4) is 12.3 Å². The van der Waals surface area contributed by atoms with Gasteiger partial charge in [0.2, 0.25) is 0 Å². The Morgan fingerprint density at radius 1 is 1.58 bits per heavy atom. The molecule has 12 heavy (non-hydrogen) atoms. The van der Waals surface area contributed by atoms with Gasteiger partial charge in [0.15, 0.2) is 0 Å². The van der Waals surface area contributed by atoms with Crippen LogP contribution in [-0.2, 0) is 0 Å². The summed E-state index contributed by atoms with van der Waals surface area (Å²) >= 11 is 0. The molecule has 0 aliphatic carbocycles. The summed E-state index contributed by atoms with van der Waals surface area (Å²) in [6, 6.07) is 0.377. The van der Waals surface area contributed by atoms with E-state index >= 15 is 0 Å². The van der Waals surface area contributed by atoms with Gasteiger partial charge < -0.3 is 10.0 Å². The molecule has 1 saturated heterocycles. The summed E-state index contributed by atoms with van der Waals surface area (Å²) in [5.74, 6) is 2.68. The molecule has 1 heterocycles. The molecule has 0 unspecified atom stereocenters. The number of hydrogen-bond acceptors (Lipinski definition) is 2. The standard InChI is InChI=1S/C10H17NO/c1-5-10(12)6-9(3)11(4)7-8(10)2/h1,8-9,12H,6-7H2,2-4H3/t8-,9-,10+/m0/s1. The minimum atomic E-state index is -0.883. The summed E-state index contributed by atoms with van der Waals surface area (Å²) in [6.45, 7) is 4.97. The third-order valence-electron chi connectivity index (χ3n) is 2.99. The first kappa shape index (κ1) is 9.57. The highest BCUT2D eigenvalue weighted by Gasteiger charge is 2.39. The molecule has 1 aliphatic rings. The summed E-state index contributed by atoms with van der Waals surface area (Å²) in [4.78, 5) is 2.23. The van der Waals surface area contributed by atoms with Crippen molar-refractivity contribution in [2.75, 3.05) is 13.6 Å². The van der Waals surface area contributed by atoms with Crippen molar-refractivity contribution in [2.45, 2.75) is 31.9 Å². The Kier molecular flexibility index (Phi) is 2.46. The zero-order valence-corrected chi connectivity index (χ0v) is 8.04. The van der Waals surface area contributed by atoms with Gasteiger partial charge in [0, 0.05) is 24.9 Å². The van der Waals surface area contributed by atoms with Crippen LogP contribution in [0.4, 0.5) is 0 Å². The molecule has 0 bridgehead atoms. The van der Waals surface area contributed by atoms with Gasteiger partial charge in [0.25, 0.3) is 0 Å². The summed E-state index contributed by atoms with van der Waals surface area (Å²) in [6.07, 6.45) is 6.00. The van der Waals surface area contributed by atoms with Gasteiger partial charge in [0.05, 0.1) is 0 Å². The van der Waals surface area contributed by atoms with E-state index in [2.05, 4.69) is 24.8 Å². The lowest BCUT2D eigenvalue weighted by molar-refractivity contribution is -0.0345. The monoisotopic (exact) mass is 167 g/mol. The average molecular weight is 167 g/mol. The summed E-state index contributed by atoms with van der Waals surface area (Å²) in [5.41, 5.74) is -0.883. The maximum Gasteiger partial charge on any atom is 0.130 e. The molecular weight excluding hydrogens is 150 g/mol. The van der Waals surface area contributed by atoms with Gasteiger partial charge in [-0.3, -0.25) is 0 Å². The Bertz CT molecular complexity index is 208. The van der Waals surface area contributed by atoms with Crippen molar-refractivity contribution in [1.82, 2.24) is 4.90 Å². The topological polar surface area (TPSA) is 23.5 Å². The van der Waals surface area contributed by atoms with Crippen LogP contribution in [0.5, 0.6) is 0 Å².